The Kier molecular flexibility index (Phi) is 5.37. The fourth-order valence-electron chi connectivity index (χ4n) is 4.16. The lowest BCUT2D eigenvalue weighted by Crippen LogP contribution is -2.12. The Hall–Kier alpha value is -4.44. The van der Waals surface area contributed by atoms with E-state index in [2.05, 4.69) is 4.98 Å². The minimum absolute atomic E-state index is 0.123. The number of ether oxygens (including phenoxy) is 2. The van der Waals surface area contributed by atoms with Crippen LogP contribution < -0.4 is 9.47 Å². The van der Waals surface area contributed by atoms with E-state index in [4.69, 9.17) is 9.47 Å². The van der Waals surface area contributed by atoms with E-state index in [0.717, 1.165) is 0 Å². The summed E-state index contributed by atoms with van der Waals surface area (Å²) in [6, 6.07) is 19.5. The van der Waals surface area contributed by atoms with E-state index in [0.29, 0.717) is 21.8 Å². The summed E-state index contributed by atoms with van der Waals surface area (Å²) in [4.78, 5) is 15.9. The lowest BCUT2D eigenvalue weighted by atomic mass is 10.1. The molecule has 0 aliphatic carbocycles. The molecule has 0 atom stereocenters. The fraction of sp³-hybridized carbons (Fsp3) is 0.0800. The third kappa shape index (κ3) is 3.55. The maximum Gasteiger partial charge on any atom is 0.282 e. The first-order chi connectivity index (χ1) is 16.9. The van der Waals surface area contributed by atoms with Gasteiger partial charge in [0.15, 0.2) is 11.5 Å². The van der Waals surface area contributed by atoms with Gasteiger partial charge in [-0.25, -0.2) is 12.4 Å². The second-order valence-corrected chi connectivity index (χ2v) is 9.45. The smallest absolute Gasteiger partial charge is 0.282 e. The Bertz CT molecular complexity index is 1710. The molecule has 0 spiro atoms. The Morgan fingerprint density at radius 2 is 1.51 bits per heavy atom. The molecule has 9 nitrogen and oxygen atoms in total. The Morgan fingerprint density at radius 1 is 0.857 bits per heavy atom. The third-order valence-corrected chi connectivity index (χ3v) is 7.51. The van der Waals surface area contributed by atoms with E-state index in [1.165, 1.54) is 48.7 Å². The molecule has 5 rings (SSSR count). The zero-order valence-electron chi connectivity index (χ0n) is 18.7. The normalized spacial score (nSPS) is 11.6. The highest BCUT2D eigenvalue weighted by atomic mass is 32.2. The number of hydrogen-bond donors (Lipinski definition) is 0. The third-order valence-electron chi connectivity index (χ3n) is 5.77. The van der Waals surface area contributed by atoms with Gasteiger partial charge in [-0.3, -0.25) is 15.1 Å². The molecule has 3 aromatic carbocycles. The van der Waals surface area contributed by atoms with Crippen molar-refractivity contribution in [3.63, 3.8) is 0 Å². The van der Waals surface area contributed by atoms with Gasteiger partial charge in [-0.1, -0.05) is 36.4 Å². The summed E-state index contributed by atoms with van der Waals surface area (Å²) >= 11 is 0. The molecule has 0 aliphatic heterocycles. The van der Waals surface area contributed by atoms with E-state index in [9.17, 15) is 18.5 Å². The van der Waals surface area contributed by atoms with Crippen molar-refractivity contribution in [1.29, 1.82) is 0 Å². The van der Waals surface area contributed by atoms with Crippen molar-refractivity contribution in [2.75, 3.05) is 14.2 Å². The number of nitro benzene ring substituents is 1. The van der Waals surface area contributed by atoms with Crippen LogP contribution in [0, 0.1) is 10.1 Å². The molecule has 35 heavy (non-hydrogen) atoms. The first kappa shape index (κ1) is 22.4. The van der Waals surface area contributed by atoms with Crippen molar-refractivity contribution in [1.82, 2.24) is 8.96 Å². The van der Waals surface area contributed by atoms with Gasteiger partial charge in [-0.2, -0.15) is 0 Å². The lowest BCUT2D eigenvalue weighted by molar-refractivity contribution is -0.384. The van der Waals surface area contributed by atoms with Gasteiger partial charge in [-0.05, 0) is 24.3 Å². The van der Waals surface area contributed by atoms with Crippen molar-refractivity contribution in [2.45, 2.75) is 4.90 Å². The maximum atomic E-state index is 13.7. The first-order valence-electron chi connectivity index (χ1n) is 10.5. The topological polar surface area (TPSA) is 114 Å². The van der Waals surface area contributed by atoms with Crippen LogP contribution in [0.5, 0.6) is 11.5 Å². The van der Waals surface area contributed by atoms with Crippen LogP contribution >= 0.6 is 0 Å². The predicted molar refractivity (Wildman–Crippen MR) is 131 cm³/mol. The SMILES string of the molecule is COc1cc(-c2cc3c(cn2)c2ccccc2n3S(=O)(=O)c2ccccc2)c([N+](=O)[O-])cc1OC. The highest BCUT2D eigenvalue weighted by Gasteiger charge is 2.26. The Labute approximate surface area is 200 Å². The molecule has 0 aliphatic rings. The monoisotopic (exact) mass is 489 g/mol. The van der Waals surface area contributed by atoms with Crippen molar-refractivity contribution >= 4 is 37.5 Å². The molecule has 0 amide bonds. The van der Waals surface area contributed by atoms with E-state index >= 15 is 0 Å². The highest BCUT2D eigenvalue weighted by molar-refractivity contribution is 7.90. The number of benzene rings is 3. The van der Waals surface area contributed by atoms with Crippen LogP contribution in [0.1, 0.15) is 0 Å². The van der Waals surface area contributed by atoms with Gasteiger partial charge < -0.3 is 9.47 Å². The van der Waals surface area contributed by atoms with Gasteiger partial charge in [0.05, 0.1) is 52.4 Å². The number of aromatic nitrogens is 2. The van der Waals surface area contributed by atoms with Crippen molar-refractivity contribution in [2.24, 2.45) is 0 Å². The van der Waals surface area contributed by atoms with Gasteiger partial charge in [-0.15, -0.1) is 0 Å². The molecular formula is C25H19N3O6S. The zero-order chi connectivity index (χ0) is 24.7. The molecule has 5 aromatic rings. The van der Waals surface area contributed by atoms with Gasteiger partial charge in [0.25, 0.3) is 15.7 Å². The number of rotatable bonds is 6. The van der Waals surface area contributed by atoms with Crippen molar-refractivity contribution in [3.8, 4) is 22.8 Å². The summed E-state index contributed by atoms with van der Waals surface area (Å²) in [7, 11) is -1.18. The number of nitrogens with zero attached hydrogens (tertiary/aromatic N) is 3. The van der Waals surface area contributed by atoms with Gasteiger partial charge in [0, 0.05) is 23.0 Å². The maximum absolute atomic E-state index is 13.7. The molecule has 0 bridgehead atoms. The minimum atomic E-state index is -3.99. The molecule has 0 radical (unpaired) electrons. The second-order valence-electron chi connectivity index (χ2n) is 7.67. The number of nitro groups is 1. The van der Waals surface area contributed by atoms with Crippen LogP contribution in [0.15, 0.2) is 83.9 Å². The van der Waals surface area contributed by atoms with Crippen LogP contribution in [-0.2, 0) is 10.0 Å². The first-order valence-corrected chi connectivity index (χ1v) is 11.9. The van der Waals surface area contributed by atoms with Crippen LogP contribution in [-0.4, -0.2) is 36.5 Å². The number of hydrogen-bond acceptors (Lipinski definition) is 7. The summed E-state index contributed by atoms with van der Waals surface area (Å²) in [5, 5.41) is 13.2. The Morgan fingerprint density at radius 3 is 2.20 bits per heavy atom. The van der Waals surface area contributed by atoms with Crippen molar-refractivity contribution in [3.05, 3.63) is 89.1 Å². The van der Waals surface area contributed by atoms with Crippen LogP contribution in [0.2, 0.25) is 0 Å². The molecule has 176 valence electrons. The molecule has 2 aromatic heterocycles. The van der Waals surface area contributed by atoms with E-state index < -0.39 is 14.9 Å². The van der Waals surface area contributed by atoms with Crippen LogP contribution in [0.4, 0.5) is 5.69 Å². The van der Waals surface area contributed by atoms with E-state index in [-0.39, 0.29) is 33.3 Å². The molecule has 0 fully saturated rings. The van der Waals surface area contributed by atoms with Gasteiger partial charge >= 0.3 is 0 Å². The molecule has 0 saturated heterocycles. The minimum Gasteiger partial charge on any atom is -0.493 e. The van der Waals surface area contributed by atoms with Gasteiger partial charge in [0.1, 0.15) is 0 Å². The molecular weight excluding hydrogens is 470 g/mol. The average Bonchev–Trinajstić information content (AvgIpc) is 3.22. The largest absolute Gasteiger partial charge is 0.493 e. The molecule has 10 heteroatoms. The Balaban J connectivity index is 1.85. The van der Waals surface area contributed by atoms with Crippen LogP contribution in [0.25, 0.3) is 33.1 Å². The molecule has 0 unspecified atom stereocenters. The number of fused-ring (bicyclic) bond motifs is 3. The number of pyridine rings is 1. The summed E-state index contributed by atoms with van der Waals surface area (Å²) in [6.45, 7) is 0. The molecule has 0 N–H and O–H groups in total. The predicted octanol–water partition coefficient (Wildman–Crippen LogP) is 5.02. The quantitative estimate of drug-likeness (QED) is 0.243. The summed E-state index contributed by atoms with van der Waals surface area (Å²) < 4.78 is 39.2. The lowest BCUT2D eigenvalue weighted by Gasteiger charge is -2.12. The highest BCUT2D eigenvalue weighted by Crippen LogP contribution is 2.41. The average molecular weight is 490 g/mol. The fourth-order valence-corrected chi connectivity index (χ4v) is 5.70. The molecule has 0 saturated carbocycles. The van der Waals surface area contributed by atoms with Gasteiger partial charge in [0.2, 0.25) is 0 Å². The summed E-state index contributed by atoms with van der Waals surface area (Å²) in [6.07, 6.45) is 1.53. The van der Waals surface area contributed by atoms with E-state index in [1.807, 2.05) is 12.1 Å². The second kappa shape index (κ2) is 8.41. The number of para-hydroxylation sites is 1. The number of methoxy groups -OCH3 is 2. The van der Waals surface area contributed by atoms with E-state index in [1.54, 1.807) is 36.4 Å². The zero-order valence-corrected chi connectivity index (χ0v) is 19.5. The summed E-state index contributed by atoms with van der Waals surface area (Å²) in [5.41, 5.74) is 0.972. The van der Waals surface area contributed by atoms with Crippen molar-refractivity contribution < 1.29 is 22.8 Å². The molecule has 2 heterocycles. The standard InChI is InChI=1S/C25H19N3O6S/c1-33-24-12-18(23(28(29)30)14-25(24)34-2)20-13-22-19(15-26-20)17-10-6-7-11-21(17)27(22)35(31,32)16-8-4-3-5-9-16/h3-15H,1-2H3. The summed E-state index contributed by atoms with van der Waals surface area (Å²) in [5.74, 6) is 0.484. The van der Waals surface area contributed by atoms with Crippen LogP contribution in [0.3, 0.4) is 0 Å².